The molecule has 0 atom stereocenters. The van der Waals surface area contributed by atoms with E-state index in [1.807, 2.05) is 46.9 Å². The van der Waals surface area contributed by atoms with Gasteiger partial charge in [0.25, 0.3) is 0 Å². The summed E-state index contributed by atoms with van der Waals surface area (Å²) >= 11 is 0. The van der Waals surface area contributed by atoms with Crippen LogP contribution in [0.2, 0.25) is 39.3 Å². The molecule has 0 fully saturated rings. The minimum Gasteiger partial charge on any atom is -0.201 e. The zero-order chi connectivity index (χ0) is 29.9. The van der Waals surface area contributed by atoms with Crippen molar-refractivity contribution < 1.29 is 11.4 Å². The Kier molecular flexibility index (Phi) is 5.50. The molecule has 1 aromatic heterocycles. The number of benzene rings is 2. The van der Waals surface area contributed by atoms with Crippen LogP contribution in [-0.4, -0.2) is 16.1 Å². The number of nitrogens with zero attached hydrogens (tertiary/aromatic N) is 1. The minimum absolute atomic E-state index is 0.344. The molecule has 0 spiro atoms. The summed E-state index contributed by atoms with van der Waals surface area (Å²) in [5.74, 6) is 0. The van der Waals surface area contributed by atoms with Gasteiger partial charge in [0.2, 0.25) is 5.69 Å². The van der Waals surface area contributed by atoms with Gasteiger partial charge in [-0.1, -0.05) is 95.6 Å². The first-order chi connectivity index (χ1) is 17.5. The summed E-state index contributed by atoms with van der Waals surface area (Å²) in [6.45, 7) is 19.2. The van der Waals surface area contributed by atoms with Crippen LogP contribution in [0, 0.1) is 19.2 Å². The summed E-state index contributed by atoms with van der Waals surface area (Å²) in [6, 6.07) is 14.2. The highest BCUT2D eigenvalue weighted by Gasteiger charge is 2.28. The Morgan fingerprint density at radius 2 is 1.47 bits per heavy atom. The Morgan fingerprint density at radius 3 is 1.97 bits per heavy atom. The average Bonchev–Trinajstić information content (AvgIpc) is 2.76. The highest BCUT2D eigenvalue weighted by molar-refractivity contribution is 6.89. The lowest BCUT2D eigenvalue weighted by molar-refractivity contribution is -0.659. The second-order valence-electron chi connectivity index (χ2n) is 12.8. The maximum atomic E-state index is 9.19. The summed E-state index contributed by atoms with van der Waals surface area (Å²) in [5, 5.41) is 2.43. The van der Waals surface area contributed by atoms with Crippen LogP contribution in [-0.2, 0) is 13.4 Å². The lowest BCUT2D eigenvalue weighted by atomic mass is 9.87. The van der Waals surface area contributed by atoms with Crippen LogP contribution in [0.25, 0.3) is 22.4 Å². The third kappa shape index (κ3) is 5.98. The molecule has 1 heterocycles. The van der Waals surface area contributed by atoms with Crippen molar-refractivity contribution in [1.82, 2.24) is 0 Å². The lowest BCUT2D eigenvalue weighted by Crippen LogP contribution is -2.47. The second-order valence-corrected chi connectivity index (χ2v) is 22.9. The van der Waals surface area contributed by atoms with Crippen molar-refractivity contribution in [2.45, 2.75) is 80.2 Å². The predicted molar refractivity (Wildman–Crippen MR) is 157 cm³/mol. The molecule has 3 aromatic rings. The van der Waals surface area contributed by atoms with Crippen LogP contribution < -0.4 is 14.9 Å². The molecule has 34 heavy (non-hydrogen) atoms. The van der Waals surface area contributed by atoms with E-state index in [1.165, 1.54) is 5.19 Å². The Morgan fingerprint density at radius 1 is 0.853 bits per heavy atom. The Labute approximate surface area is 218 Å². The fraction of sp³-hybridized carbons (Fsp3) is 0.452. The molecule has 1 nitrogen and oxygen atoms in total. The number of aryl methyl sites for hydroxylation is 3. The Balaban J connectivity index is 2.38. The largest absolute Gasteiger partial charge is 0.212 e. The fourth-order valence-electron chi connectivity index (χ4n) is 4.39. The number of rotatable bonds is 5. The predicted octanol–water partition coefficient (Wildman–Crippen LogP) is 7.14. The van der Waals surface area contributed by atoms with Crippen LogP contribution in [0.3, 0.4) is 0 Å². The topological polar surface area (TPSA) is 3.88 Å². The van der Waals surface area contributed by atoms with Gasteiger partial charge in [-0.15, -0.1) is 0 Å². The molecule has 0 saturated carbocycles. The molecule has 0 aliphatic carbocycles. The van der Waals surface area contributed by atoms with Gasteiger partial charge >= 0.3 is 0 Å². The van der Waals surface area contributed by atoms with Crippen LogP contribution in [0.15, 0.2) is 48.7 Å². The van der Waals surface area contributed by atoms with Gasteiger partial charge in [0.1, 0.15) is 7.05 Å². The molecule has 3 heteroatoms. The third-order valence-corrected chi connectivity index (χ3v) is 10.4. The summed E-state index contributed by atoms with van der Waals surface area (Å²) in [6.07, 6.45) is 0.563. The molecule has 0 radical (unpaired) electrons. The molecule has 2 aromatic carbocycles. The average molecular weight is 494 g/mol. The number of hydrogen-bond acceptors (Lipinski definition) is 0. The number of aromatic nitrogens is 1. The molecule has 182 valence electrons. The maximum absolute atomic E-state index is 9.19. The summed E-state index contributed by atoms with van der Waals surface area (Å²) < 4.78 is 45.3. The highest BCUT2D eigenvalue weighted by Crippen LogP contribution is 2.32. The van der Waals surface area contributed by atoms with E-state index in [4.69, 9.17) is 4.11 Å². The molecule has 0 aliphatic rings. The molecule has 0 unspecified atom stereocenters. The van der Waals surface area contributed by atoms with E-state index in [0.29, 0.717) is 11.1 Å². The SMILES string of the molecule is [2H]C([2H])([2H])c1cc(C)c(-c2cc(C([2H])([2H])C(C)(C)C)c([Si](C)(C)C)c[n+]2C)cc1-c1ccc([Si](C)(C)C)cc1. The van der Waals surface area contributed by atoms with E-state index in [1.54, 1.807) is 6.07 Å². The highest BCUT2D eigenvalue weighted by atomic mass is 28.3. The van der Waals surface area contributed by atoms with E-state index in [-0.39, 0.29) is 0 Å². The molecule has 0 bridgehead atoms. The first-order valence-electron chi connectivity index (χ1n) is 14.8. The van der Waals surface area contributed by atoms with Gasteiger partial charge in [-0.25, -0.2) is 4.57 Å². The van der Waals surface area contributed by atoms with Crippen molar-refractivity contribution in [1.29, 1.82) is 0 Å². The number of pyridine rings is 1. The molecule has 0 amide bonds. The van der Waals surface area contributed by atoms with Gasteiger partial charge in [-0.3, -0.25) is 0 Å². The first kappa shape index (κ1) is 20.2. The monoisotopic (exact) mass is 493 g/mol. The van der Waals surface area contributed by atoms with Gasteiger partial charge in [-0.05, 0) is 59.4 Å². The van der Waals surface area contributed by atoms with E-state index >= 15 is 0 Å². The van der Waals surface area contributed by atoms with Crippen molar-refractivity contribution in [3.8, 4) is 22.4 Å². The van der Waals surface area contributed by atoms with Crippen LogP contribution in [0.5, 0.6) is 0 Å². The second kappa shape index (κ2) is 9.24. The lowest BCUT2D eigenvalue weighted by Gasteiger charge is -2.25. The van der Waals surface area contributed by atoms with Crippen molar-refractivity contribution in [2.24, 2.45) is 12.5 Å². The van der Waals surface area contributed by atoms with E-state index < -0.39 is 34.8 Å². The smallest absolute Gasteiger partial charge is 0.201 e. The van der Waals surface area contributed by atoms with Crippen molar-refractivity contribution in [2.75, 3.05) is 0 Å². The molecular formula is C31H46NSi2+. The first-order valence-corrected chi connectivity index (χ1v) is 19.3. The molecule has 3 rings (SSSR count). The van der Waals surface area contributed by atoms with Crippen LogP contribution >= 0.6 is 0 Å². The summed E-state index contributed by atoms with van der Waals surface area (Å²) in [5.41, 5.74) is 4.74. The van der Waals surface area contributed by atoms with Gasteiger partial charge < -0.3 is 0 Å². The summed E-state index contributed by atoms with van der Waals surface area (Å²) in [7, 11) is -1.37. The Hall–Kier alpha value is -1.98. The quantitative estimate of drug-likeness (QED) is 0.263. The molecular weight excluding hydrogens is 443 g/mol. The minimum atomic E-state index is -2.26. The van der Waals surface area contributed by atoms with Crippen molar-refractivity contribution in [3.63, 3.8) is 0 Å². The molecule has 0 aliphatic heterocycles. The molecule has 0 N–H and O–H groups in total. The third-order valence-electron chi connectivity index (χ3n) is 6.29. The zero-order valence-electron chi connectivity index (χ0n) is 28.1. The van der Waals surface area contributed by atoms with Gasteiger partial charge in [0, 0.05) is 23.7 Å². The van der Waals surface area contributed by atoms with E-state index in [9.17, 15) is 2.74 Å². The summed E-state index contributed by atoms with van der Waals surface area (Å²) in [4.78, 5) is 0. The molecule has 0 saturated heterocycles. The Bertz CT molecular complexity index is 1370. The fourth-order valence-corrected chi connectivity index (χ4v) is 7.08. The number of hydrogen-bond donors (Lipinski definition) is 0. The van der Waals surface area contributed by atoms with E-state index in [0.717, 1.165) is 33.1 Å². The van der Waals surface area contributed by atoms with Crippen LogP contribution in [0.1, 0.15) is 44.3 Å². The van der Waals surface area contributed by atoms with Crippen molar-refractivity contribution in [3.05, 3.63) is 65.4 Å². The van der Waals surface area contributed by atoms with Crippen molar-refractivity contribution >= 4 is 26.5 Å². The standard InChI is InChI=1S/C31H46NSi2/c1-22-17-23(2)28(19-27(22)24-13-15-26(16-14-24)33(7,8)9)29-18-25(20-31(3,4)5)30(21-32(29)6)34(10,11)12/h13-19,21H,20H2,1-12H3/q+1/i1D3,20D2. The zero-order valence-corrected chi connectivity index (χ0v) is 25.1. The van der Waals surface area contributed by atoms with Gasteiger partial charge in [0.05, 0.1) is 16.1 Å². The maximum Gasteiger partial charge on any atom is 0.212 e. The van der Waals surface area contributed by atoms with E-state index in [2.05, 4.69) is 74.3 Å². The van der Waals surface area contributed by atoms with Crippen LogP contribution in [0.4, 0.5) is 0 Å². The van der Waals surface area contributed by atoms with Gasteiger partial charge in [0.15, 0.2) is 6.20 Å². The van der Waals surface area contributed by atoms with Gasteiger partial charge in [-0.2, -0.15) is 0 Å². The normalized spacial score (nSPS) is 15.8.